The van der Waals surface area contributed by atoms with Crippen molar-refractivity contribution in [1.82, 2.24) is 0 Å². The van der Waals surface area contributed by atoms with Crippen LogP contribution in [0.5, 0.6) is 0 Å². The van der Waals surface area contributed by atoms with Crippen molar-refractivity contribution in [3.8, 4) is 0 Å². The van der Waals surface area contributed by atoms with E-state index in [4.69, 9.17) is 0 Å². The van der Waals surface area contributed by atoms with Gasteiger partial charge in [-0.3, -0.25) is 4.72 Å². The zero-order valence-electron chi connectivity index (χ0n) is 10.9. The Balaban J connectivity index is 2.41. The SMILES string of the molecule is Cc1ccc(NS(=O)(=O)c2ccc(Br)cc2F)c(C)c1. The topological polar surface area (TPSA) is 46.2 Å². The summed E-state index contributed by atoms with van der Waals surface area (Å²) in [6.07, 6.45) is 0. The van der Waals surface area contributed by atoms with Crippen molar-refractivity contribution in [3.63, 3.8) is 0 Å². The van der Waals surface area contributed by atoms with E-state index < -0.39 is 15.8 Å². The lowest BCUT2D eigenvalue weighted by molar-refractivity contribution is 0.570. The van der Waals surface area contributed by atoms with Gasteiger partial charge in [0.2, 0.25) is 0 Å². The Morgan fingerprint density at radius 3 is 2.40 bits per heavy atom. The molecular weight excluding hydrogens is 345 g/mol. The largest absolute Gasteiger partial charge is 0.279 e. The summed E-state index contributed by atoms with van der Waals surface area (Å²) in [6, 6.07) is 9.15. The fourth-order valence-electron chi connectivity index (χ4n) is 1.82. The van der Waals surface area contributed by atoms with Gasteiger partial charge >= 0.3 is 0 Å². The molecule has 106 valence electrons. The lowest BCUT2D eigenvalue weighted by Gasteiger charge is -2.11. The van der Waals surface area contributed by atoms with Crippen LogP contribution >= 0.6 is 15.9 Å². The lowest BCUT2D eigenvalue weighted by atomic mass is 10.1. The van der Waals surface area contributed by atoms with Crippen LogP contribution < -0.4 is 4.72 Å². The van der Waals surface area contributed by atoms with Gasteiger partial charge in [0.05, 0.1) is 5.69 Å². The number of hydrogen-bond acceptors (Lipinski definition) is 2. The van der Waals surface area contributed by atoms with Gasteiger partial charge in [-0.05, 0) is 43.7 Å². The van der Waals surface area contributed by atoms with E-state index in [0.717, 1.165) is 17.2 Å². The standard InChI is InChI=1S/C14H13BrFNO2S/c1-9-3-5-13(10(2)7-9)17-20(18,19)14-6-4-11(15)8-12(14)16/h3-8,17H,1-2H3. The monoisotopic (exact) mass is 357 g/mol. The van der Waals surface area contributed by atoms with Gasteiger partial charge < -0.3 is 0 Å². The molecule has 0 heterocycles. The molecule has 0 atom stereocenters. The summed E-state index contributed by atoms with van der Waals surface area (Å²) in [7, 11) is -3.94. The van der Waals surface area contributed by atoms with E-state index in [1.807, 2.05) is 13.0 Å². The molecule has 0 radical (unpaired) electrons. The second kappa shape index (κ2) is 5.54. The molecule has 0 amide bonds. The molecule has 0 aliphatic carbocycles. The summed E-state index contributed by atoms with van der Waals surface area (Å²) in [6.45, 7) is 3.71. The summed E-state index contributed by atoms with van der Waals surface area (Å²) in [5, 5.41) is 0. The molecule has 0 saturated heterocycles. The van der Waals surface area contributed by atoms with Crippen LogP contribution in [0.25, 0.3) is 0 Å². The van der Waals surface area contributed by atoms with Gasteiger partial charge in [0.1, 0.15) is 10.7 Å². The van der Waals surface area contributed by atoms with E-state index in [0.29, 0.717) is 10.2 Å². The number of benzene rings is 2. The second-order valence-electron chi connectivity index (χ2n) is 4.50. The first-order valence-corrected chi connectivity index (χ1v) is 8.12. The third-order valence-corrected chi connectivity index (χ3v) is 4.70. The Labute approximate surface area is 126 Å². The van der Waals surface area contributed by atoms with E-state index in [-0.39, 0.29) is 4.90 Å². The van der Waals surface area contributed by atoms with Gasteiger partial charge in [-0.1, -0.05) is 33.6 Å². The third-order valence-electron chi connectivity index (χ3n) is 2.81. The number of sulfonamides is 1. The van der Waals surface area contributed by atoms with Crippen molar-refractivity contribution in [1.29, 1.82) is 0 Å². The summed E-state index contributed by atoms with van der Waals surface area (Å²) < 4.78 is 41.1. The molecular formula is C14H13BrFNO2S. The number of hydrogen-bond donors (Lipinski definition) is 1. The van der Waals surface area contributed by atoms with Crippen molar-refractivity contribution in [2.24, 2.45) is 0 Å². The minimum atomic E-state index is -3.94. The van der Waals surface area contributed by atoms with Gasteiger partial charge in [0.15, 0.2) is 0 Å². The van der Waals surface area contributed by atoms with Crippen LogP contribution in [0.1, 0.15) is 11.1 Å². The zero-order valence-corrected chi connectivity index (χ0v) is 13.3. The average molecular weight is 358 g/mol. The first-order valence-electron chi connectivity index (χ1n) is 5.85. The van der Waals surface area contributed by atoms with Crippen molar-refractivity contribution in [3.05, 3.63) is 57.8 Å². The van der Waals surface area contributed by atoms with Crippen molar-refractivity contribution >= 4 is 31.6 Å². The highest BCUT2D eigenvalue weighted by Crippen LogP contribution is 2.24. The van der Waals surface area contributed by atoms with Crippen LogP contribution in [0.3, 0.4) is 0 Å². The highest BCUT2D eigenvalue weighted by molar-refractivity contribution is 9.10. The van der Waals surface area contributed by atoms with Gasteiger partial charge in [0, 0.05) is 4.47 Å². The highest BCUT2D eigenvalue weighted by atomic mass is 79.9. The first kappa shape index (κ1) is 15.0. The van der Waals surface area contributed by atoms with Crippen molar-refractivity contribution in [2.45, 2.75) is 18.7 Å². The molecule has 20 heavy (non-hydrogen) atoms. The molecule has 0 fully saturated rings. The quantitative estimate of drug-likeness (QED) is 0.901. The maximum Gasteiger partial charge on any atom is 0.264 e. The smallest absolute Gasteiger partial charge is 0.264 e. The van der Waals surface area contributed by atoms with Crippen molar-refractivity contribution in [2.75, 3.05) is 4.72 Å². The Morgan fingerprint density at radius 1 is 1.10 bits per heavy atom. The molecule has 2 rings (SSSR count). The molecule has 0 unspecified atom stereocenters. The van der Waals surface area contributed by atoms with Gasteiger partial charge in [-0.25, -0.2) is 12.8 Å². The number of rotatable bonds is 3. The van der Waals surface area contributed by atoms with Crippen LogP contribution in [-0.4, -0.2) is 8.42 Å². The molecule has 0 aliphatic heterocycles. The third kappa shape index (κ3) is 3.19. The number of anilines is 1. The first-order chi connectivity index (χ1) is 9.29. The fourth-order valence-corrected chi connectivity index (χ4v) is 3.35. The van der Waals surface area contributed by atoms with Crippen LogP contribution in [0, 0.1) is 19.7 Å². The van der Waals surface area contributed by atoms with Crippen molar-refractivity contribution < 1.29 is 12.8 Å². The number of halogens is 2. The van der Waals surface area contributed by atoms with E-state index in [1.165, 1.54) is 12.1 Å². The van der Waals surface area contributed by atoms with Crippen LogP contribution in [0.2, 0.25) is 0 Å². The molecule has 2 aromatic rings. The van der Waals surface area contributed by atoms with E-state index in [2.05, 4.69) is 20.7 Å². The lowest BCUT2D eigenvalue weighted by Crippen LogP contribution is -2.15. The summed E-state index contributed by atoms with van der Waals surface area (Å²) in [4.78, 5) is -0.374. The van der Waals surface area contributed by atoms with E-state index in [1.54, 1.807) is 19.1 Å². The molecule has 2 aromatic carbocycles. The number of nitrogens with one attached hydrogen (secondary N) is 1. The van der Waals surface area contributed by atoms with E-state index >= 15 is 0 Å². The summed E-state index contributed by atoms with van der Waals surface area (Å²) in [5.74, 6) is -0.795. The average Bonchev–Trinajstić information content (AvgIpc) is 2.32. The Kier molecular flexibility index (Phi) is 4.15. The molecule has 0 spiro atoms. The summed E-state index contributed by atoms with van der Waals surface area (Å²) in [5.41, 5.74) is 2.25. The molecule has 0 bridgehead atoms. The minimum absolute atomic E-state index is 0.374. The Bertz CT molecular complexity index is 760. The maximum atomic E-state index is 13.8. The molecule has 0 aromatic heterocycles. The molecule has 0 saturated carbocycles. The minimum Gasteiger partial charge on any atom is -0.279 e. The molecule has 6 heteroatoms. The number of aryl methyl sites for hydroxylation is 2. The molecule has 1 N–H and O–H groups in total. The predicted octanol–water partition coefficient (Wildman–Crippen LogP) is 4.01. The predicted molar refractivity (Wildman–Crippen MR) is 80.8 cm³/mol. The van der Waals surface area contributed by atoms with Crippen LogP contribution in [0.15, 0.2) is 45.8 Å². The molecule has 0 aliphatic rings. The van der Waals surface area contributed by atoms with Gasteiger partial charge in [0.25, 0.3) is 10.0 Å². The summed E-state index contributed by atoms with van der Waals surface area (Å²) >= 11 is 3.09. The molecule has 3 nitrogen and oxygen atoms in total. The zero-order chi connectivity index (χ0) is 14.9. The van der Waals surface area contributed by atoms with E-state index in [9.17, 15) is 12.8 Å². The normalized spacial score (nSPS) is 11.4. The van der Waals surface area contributed by atoms with Crippen LogP contribution in [0.4, 0.5) is 10.1 Å². The van der Waals surface area contributed by atoms with Crippen LogP contribution in [-0.2, 0) is 10.0 Å². The van der Waals surface area contributed by atoms with Gasteiger partial charge in [-0.2, -0.15) is 0 Å². The Morgan fingerprint density at radius 2 is 1.80 bits per heavy atom. The van der Waals surface area contributed by atoms with Gasteiger partial charge in [-0.15, -0.1) is 0 Å². The second-order valence-corrected chi connectivity index (χ2v) is 7.07. The Hall–Kier alpha value is -1.40. The maximum absolute atomic E-state index is 13.8. The highest BCUT2D eigenvalue weighted by Gasteiger charge is 2.19. The fraction of sp³-hybridized carbons (Fsp3) is 0.143.